The highest BCUT2D eigenvalue weighted by atomic mass is 16.5. The average molecular weight is 433 g/mol. The monoisotopic (exact) mass is 432 g/mol. The Morgan fingerprint density at radius 3 is 1.10 bits per heavy atom. The lowest BCUT2D eigenvalue weighted by molar-refractivity contribution is -0.160. The van der Waals surface area contributed by atoms with Crippen LogP contribution < -0.4 is 0 Å². The Labute approximate surface area is 193 Å². The van der Waals surface area contributed by atoms with E-state index in [4.69, 9.17) is 4.74 Å². The number of hydrogen-bond acceptors (Lipinski definition) is 2. The van der Waals surface area contributed by atoms with Gasteiger partial charge in [-0.3, -0.25) is 4.79 Å². The summed E-state index contributed by atoms with van der Waals surface area (Å²) in [5.41, 5.74) is 0. The summed E-state index contributed by atoms with van der Waals surface area (Å²) in [7, 11) is 0. The molecule has 3 fully saturated rings. The molecule has 0 atom stereocenters. The summed E-state index contributed by atoms with van der Waals surface area (Å²) in [6.07, 6.45) is 31.7. The van der Waals surface area contributed by atoms with Crippen LogP contribution in [0.15, 0.2) is 0 Å². The molecule has 0 amide bonds. The fraction of sp³-hybridized carbons (Fsp3) is 0.966. The maximum atomic E-state index is 13.8. The van der Waals surface area contributed by atoms with Crippen molar-refractivity contribution in [1.82, 2.24) is 0 Å². The van der Waals surface area contributed by atoms with Crippen LogP contribution >= 0.6 is 0 Å². The van der Waals surface area contributed by atoms with Crippen LogP contribution in [0.4, 0.5) is 0 Å². The summed E-state index contributed by atoms with van der Waals surface area (Å²) < 4.78 is 6.42. The van der Waals surface area contributed by atoms with Crippen LogP contribution in [0.3, 0.4) is 0 Å². The van der Waals surface area contributed by atoms with Gasteiger partial charge >= 0.3 is 5.97 Å². The van der Waals surface area contributed by atoms with E-state index in [0.29, 0.717) is 11.8 Å². The first-order valence-electron chi connectivity index (χ1n) is 14.5. The Bertz CT molecular complexity index is 419. The fourth-order valence-electron chi connectivity index (χ4n) is 6.77. The van der Waals surface area contributed by atoms with Crippen molar-refractivity contribution in [2.24, 2.45) is 17.8 Å². The fourth-order valence-corrected chi connectivity index (χ4v) is 6.77. The lowest BCUT2D eigenvalue weighted by Crippen LogP contribution is -2.35. The van der Waals surface area contributed by atoms with Crippen molar-refractivity contribution < 1.29 is 9.53 Å². The van der Waals surface area contributed by atoms with E-state index in [2.05, 4.69) is 0 Å². The Kier molecular flexibility index (Phi) is 12.4. The average Bonchev–Trinajstić information content (AvgIpc) is 3.05. The second kappa shape index (κ2) is 15.3. The molecule has 180 valence electrons. The number of hydrogen-bond donors (Lipinski definition) is 0. The molecule has 0 aliphatic heterocycles. The summed E-state index contributed by atoms with van der Waals surface area (Å²) in [6, 6.07) is 0. The van der Waals surface area contributed by atoms with Gasteiger partial charge in [-0.1, -0.05) is 103 Å². The number of carbonyl (C=O) groups excluding carboxylic acids is 1. The molecule has 3 saturated carbocycles. The largest absolute Gasteiger partial charge is 0.462 e. The molecule has 0 saturated heterocycles. The summed E-state index contributed by atoms with van der Waals surface area (Å²) in [5.74, 6) is 1.56. The van der Waals surface area contributed by atoms with E-state index < -0.39 is 0 Å². The van der Waals surface area contributed by atoms with E-state index in [1.165, 1.54) is 141 Å². The first-order chi connectivity index (χ1) is 15.3. The van der Waals surface area contributed by atoms with Crippen molar-refractivity contribution in [1.29, 1.82) is 0 Å². The molecule has 0 spiro atoms. The van der Waals surface area contributed by atoms with Gasteiger partial charge in [-0.05, 0) is 63.2 Å². The van der Waals surface area contributed by atoms with Gasteiger partial charge in [-0.2, -0.15) is 0 Å². The first kappa shape index (κ1) is 25.1. The van der Waals surface area contributed by atoms with E-state index in [1.807, 2.05) is 0 Å². The van der Waals surface area contributed by atoms with Gasteiger partial charge in [0, 0.05) is 0 Å². The smallest absolute Gasteiger partial charge is 0.309 e. The summed E-state index contributed by atoms with van der Waals surface area (Å²) in [4.78, 5) is 13.8. The highest BCUT2D eigenvalue weighted by Crippen LogP contribution is 2.39. The second-order valence-corrected chi connectivity index (χ2v) is 11.2. The highest BCUT2D eigenvalue weighted by molar-refractivity contribution is 5.73. The van der Waals surface area contributed by atoms with Gasteiger partial charge in [0.1, 0.15) is 6.10 Å². The zero-order chi connectivity index (χ0) is 21.6. The third kappa shape index (κ3) is 9.47. The molecule has 0 bridgehead atoms. The Hall–Kier alpha value is -0.530. The van der Waals surface area contributed by atoms with Gasteiger partial charge in [0.05, 0.1) is 5.92 Å². The molecule has 0 heterocycles. The second-order valence-electron chi connectivity index (χ2n) is 11.2. The van der Waals surface area contributed by atoms with Crippen molar-refractivity contribution in [2.45, 2.75) is 160 Å². The van der Waals surface area contributed by atoms with Gasteiger partial charge in [-0.25, -0.2) is 0 Å². The molecule has 3 aliphatic rings. The Balaban J connectivity index is 1.70. The molecule has 0 N–H and O–H groups in total. The van der Waals surface area contributed by atoms with Crippen LogP contribution in [-0.2, 0) is 9.53 Å². The third-order valence-corrected chi connectivity index (χ3v) is 8.67. The summed E-state index contributed by atoms with van der Waals surface area (Å²) in [5, 5.41) is 0. The molecule has 0 unspecified atom stereocenters. The van der Waals surface area contributed by atoms with Gasteiger partial charge in [0.15, 0.2) is 0 Å². The maximum Gasteiger partial charge on any atom is 0.309 e. The van der Waals surface area contributed by atoms with Gasteiger partial charge < -0.3 is 4.74 Å². The van der Waals surface area contributed by atoms with Crippen molar-refractivity contribution >= 4 is 5.97 Å². The normalized spacial score (nSPS) is 25.6. The minimum atomic E-state index is 0.184. The molecule has 31 heavy (non-hydrogen) atoms. The highest BCUT2D eigenvalue weighted by Gasteiger charge is 2.37. The van der Waals surface area contributed by atoms with E-state index in [-0.39, 0.29) is 18.0 Å². The summed E-state index contributed by atoms with van der Waals surface area (Å²) in [6.45, 7) is 0. The SMILES string of the molecule is O=C(OC1CCCCCCCC1)C(C1CCCCCCCC1)C1CCCCCCCC1. The van der Waals surface area contributed by atoms with E-state index in [9.17, 15) is 4.79 Å². The number of ether oxygens (including phenoxy) is 1. The van der Waals surface area contributed by atoms with Gasteiger partial charge in [0.25, 0.3) is 0 Å². The standard InChI is InChI=1S/C29H52O2/c30-29(31-27-23-17-11-5-6-12-18-24-27)28(25-19-13-7-1-2-8-14-20-25)26-21-15-9-3-4-10-16-22-26/h25-28H,1-24H2. The van der Waals surface area contributed by atoms with E-state index >= 15 is 0 Å². The van der Waals surface area contributed by atoms with Crippen LogP contribution in [0.2, 0.25) is 0 Å². The molecule has 2 heteroatoms. The van der Waals surface area contributed by atoms with Crippen molar-refractivity contribution in [3.8, 4) is 0 Å². The van der Waals surface area contributed by atoms with Crippen LogP contribution in [0.5, 0.6) is 0 Å². The number of rotatable bonds is 4. The zero-order valence-electron chi connectivity index (χ0n) is 20.6. The molecular formula is C29H52O2. The minimum Gasteiger partial charge on any atom is -0.462 e. The first-order valence-corrected chi connectivity index (χ1v) is 14.5. The third-order valence-electron chi connectivity index (χ3n) is 8.67. The predicted molar refractivity (Wildman–Crippen MR) is 131 cm³/mol. The summed E-state index contributed by atoms with van der Waals surface area (Å²) >= 11 is 0. The van der Waals surface area contributed by atoms with Crippen molar-refractivity contribution in [2.75, 3.05) is 0 Å². The van der Waals surface area contributed by atoms with Crippen molar-refractivity contribution in [3.05, 3.63) is 0 Å². The van der Waals surface area contributed by atoms with E-state index in [0.717, 1.165) is 12.8 Å². The Morgan fingerprint density at radius 1 is 0.452 bits per heavy atom. The van der Waals surface area contributed by atoms with E-state index in [1.54, 1.807) is 0 Å². The van der Waals surface area contributed by atoms with Crippen LogP contribution in [0.1, 0.15) is 154 Å². The van der Waals surface area contributed by atoms with Crippen molar-refractivity contribution in [3.63, 3.8) is 0 Å². The predicted octanol–water partition coefficient (Wildman–Crippen LogP) is 9.15. The zero-order valence-corrected chi connectivity index (χ0v) is 20.6. The lowest BCUT2D eigenvalue weighted by atomic mass is 9.73. The topological polar surface area (TPSA) is 26.3 Å². The van der Waals surface area contributed by atoms with Crippen LogP contribution in [0.25, 0.3) is 0 Å². The van der Waals surface area contributed by atoms with Gasteiger partial charge in [0.2, 0.25) is 0 Å². The van der Waals surface area contributed by atoms with Gasteiger partial charge in [-0.15, -0.1) is 0 Å². The van der Waals surface area contributed by atoms with Crippen LogP contribution in [-0.4, -0.2) is 12.1 Å². The molecule has 0 aromatic heterocycles. The number of carbonyl (C=O) groups is 1. The maximum absolute atomic E-state index is 13.8. The molecular weight excluding hydrogens is 380 g/mol. The molecule has 0 aromatic rings. The molecule has 3 aliphatic carbocycles. The minimum absolute atomic E-state index is 0.184. The van der Waals surface area contributed by atoms with Crippen LogP contribution in [0, 0.1) is 17.8 Å². The Morgan fingerprint density at radius 2 is 0.742 bits per heavy atom. The molecule has 0 radical (unpaired) electrons. The molecule has 3 rings (SSSR count). The lowest BCUT2D eigenvalue weighted by Gasteiger charge is -2.34. The molecule has 0 aromatic carbocycles. The number of esters is 1. The molecule has 2 nitrogen and oxygen atoms in total. The quantitative estimate of drug-likeness (QED) is 0.414.